The molecule has 0 spiro atoms. The Morgan fingerprint density at radius 3 is 2.57 bits per heavy atom. The molecule has 0 fully saturated rings. The van der Waals surface area contributed by atoms with Gasteiger partial charge in [0.2, 0.25) is 0 Å². The molecule has 112 valence electrons. The molecule has 0 amide bonds. The van der Waals surface area contributed by atoms with Crippen LogP contribution in [0.4, 0.5) is 8.78 Å². The third kappa shape index (κ3) is 3.80. The van der Waals surface area contributed by atoms with Gasteiger partial charge >= 0.3 is 0 Å². The first-order valence-corrected chi connectivity index (χ1v) is 7.35. The van der Waals surface area contributed by atoms with Crippen molar-refractivity contribution >= 4 is 11.6 Å². The number of rotatable bonds is 5. The van der Waals surface area contributed by atoms with Gasteiger partial charge in [0.25, 0.3) is 0 Å². The molecule has 2 aromatic carbocycles. The molecule has 0 bridgehead atoms. The Balaban J connectivity index is 2.52. The summed E-state index contributed by atoms with van der Waals surface area (Å²) < 4.78 is 27.9. The van der Waals surface area contributed by atoms with Gasteiger partial charge in [-0.2, -0.15) is 0 Å². The van der Waals surface area contributed by atoms with Gasteiger partial charge in [0.05, 0.1) is 6.04 Å². The van der Waals surface area contributed by atoms with Crippen molar-refractivity contribution in [3.63, 3.8) is 0 Å². The summed E-state index contributed by atoms with van der Waals surface area (Å²) in [6, 6.07) is 8.83. The Morgan fingerprint density at radius 2 is 1.95 bits per heavy atom. The van der Waals surface area contributed by atoms with E-state index in [0.29, 0.717) is 22.7 Å². The molecule has 2 rings (SSSR count). The molecule has 21 heavy (non-hydrogen) atoms. The van der Waals surface area contributed by atoms with E-state index in [2.05, 4.69) is 5.32 Å². The zero-order valence-corrected chi connectivity index (χ0v) is 12.8. The van der Waals surface area contributed by atoms with Crippen molar-refractivity contribution in [2.75, 3.05) is 6.54 Å². The highest BCUT2D eigenvalue weighted by atomic mass is 35.5. The van der Waals surface area contributed by atoms with E-state index in [4.69, 9.17) is 11.6 Å². The number of hydrogen-bond donors (Lipinski definition) is 1. The Bertz CT molecular complexity index is 588. The first-order chi connectivity index (χ1) is 10.0. The highest BCUT2D eigenvalue weighted by Crippen LogP contribution is 2.31. The third-order valence-electron chi connectivity index (χ3n) is 3.28. The van der Waals surface area contributed by atoms with Crippen LogP contribution in [-0.2, 0) is 0 Å². The van der Waals surface area contributed by atoms with Crippen molar-refractivity contribution in [1.29, 1.82) is 0 Å². The van der Waals surface area contributed by atoms with E-state index in [1.165, 1.54) is 18.2 Å². The smallest absolute Gasteiger partial charge is 0.129 e. The number of nitrogens with one attached hydrogen (secondary N) is 1. The minimum atomic E-state index is -0.465. The Morgan fingerprint density at radius 1 is 1.19 bits per heavy atom. The number of aryl methyl sites for hydroxylation is 1. The van der Waals surface area contributed by atoms with Gasteiger partial charge in [-0.25, -0.2) is 8.78 Å². The summed E-state index contributed by atoms with van der Waals surface area (Å²) in [5.74, 6) is -0.723. The SMILES string of the molecule is CCCNC(c1cc(C)cc(F)c1)c1c(F)cccc1Cl. The molecule has 0 aliphatic heterocycles. The predicted octanol–water partition coefficient (Wildman–Crippen LogP) is 5.02. The van der Waals surface area contributed by atoms with Crippen LogP contribution in [0.1, 0.15) is 36.1 Å². The fourth-order valence-corrected chi connectivity index (χ4v) is 2.67. The monoisotopic (exact) mass is 309 g/mol. The summed E-state index contributed by atoms with van der Waals surface area (Å²) in [6.07, 6.45) is 0.886. The molecule has 1 atom stereocenters. The largest absolute Gasteiger partial charge is 0.306 e. The molecule has 0 aliphatic carbocycles. The highest BCUT2D eigenvalue weighted by molar-refractivity contribution is 6.31. The topological polar surface area (TPSA) is 12.0 Å². The third-order valence-corrected chi connectivity index (χ3v) is 3.61. The fourth-order valence-electron chi connectivity index (χ4n) is 2.39. The maximum absolute atomic E-state index is 14.2. The number of hydrogen-bond acceptors (Lipinski definition) is 1. The summed E-state index contributed by atoms with van der Waals surface area (Å²) in [4.78, 5) is 0. The van der Waals surface area contributed by atoms with Gasteiger partial charge in [0.1, 0.15) is 11.6 Å². The summed E-state index contributed by atoms with van der Waals surface area (Å²) in [7, 11) is 0. The van der Waals surface area contributed by atoms with E-state index in [1.807, 2.05) is 19.9 Å². The number of benzene rings is 2. The molecule has 4 heteroatoms. The fraction of sp³-hybridized carbons (Fsp3) is 0.294. The lowest BCUT2D eigenvalue weighted by Gasteiger charge is -2.22. The summed E-state index contributed by atoms with van der Waals surface area (Å²) in [5.41, 5.74) is 1.83. The lowest BCUT2D eigenvalue weighted by atomic mass is 9.96. The summed E-state index contributed by atoms with van der Waals surface area (Å²) >= 11 is 6.16. The first kappa shape index (κ1) is 15.9. The van der Waals surface area contributed by atoms with Crippen molar-refractivity contribution in [1.82, 2.24) is 5.32 Å². The standard InChI is InChI=1S/C17H18ClF2N/c1-3-7-21-17(12-8-11(2)9-13(19)10-12)16-14(18)5-4-6-15(16)20/h4-6,8-10,17,21H,3,7H2,1-2H3. The molecule has 1 unspecified atom stereocenters. The normalized spacial score (nSPS) is 12.4. The van der Waals surface area contributed by atoms with E-state index < -0.39 is 11.9 Å². The van der Waals surface area contributed by atoms with Crippen molar-refractivity contribution < 1.29 is 8.78 Å². The lowest BCUT2D eigenvalue weighted by molar-refractivity contribution is 0.542. The second kappa shape index (κ2) is 7.01. The molecule has 0 heterocycles. The van der Waals surface area contributed by atoms with E-state index in [9.17, 15) is 8.78 Å². The zero-order chi connectivity index (χ0) is 15.4. The second-order valence-corrected chi connectivity index (χ2v) is 5.49. The summed E-state index contributed by atoms with van der Waals surface area (Å²) in [5, 5.41) is 3.59. The number of halogens is 3. The van der Waals surface area contributed by atoms with Crippen molar-refractivity contribution in [2.24, 2.45) is 0 Å². The van der Waals surface area contributed by atoms with Crippen molar-refractivity contribution in [3.05, 3.63) is 69.7 Å². The van der Waals surface area contributed by atoms with E-state index in [1.54, 1.807) is 12.1 Å². The molecule has 0 saturated heterocycles. The van der Waals surface area contributed by atoms with Crippen LogP contribution in [0.5, 0.6) is 0 Å². The van der Waals surface area contributed by atoms with E-state index in [0.717, 1.165) is 12.0 Å². The second-order valence-electron chi connectivity index (χ2n) is 5.08. The average molecular weight is 310 g/mol. The lowest BCUT2D eigenvalue weighted by Crippen LogP contribution is -2.24. The molecule has 0 aromatic heterocycles. The maximum Gasteiger partial charge on any atom is 0.129 e. The van der Waals surface area contributed by atoms with Gasteiger partial charge in [-0.3, -0.25) is 0 Å². The minimum absolute atomic E-state index is 0.333. The minimum Gasteiger partial charge on any atom is -0.306 e. The van der Waals surface area contributed by atoms with Gasteiger partial charge in [0.15, 0.2) is 0 Å². The van der Waals surface area contributed by atoms with E-state index in [-0.39, 0.29) is 5.82 Å². The quantitative estimate of drug-likeness (QED) is 0.818. The van der Waals surface area contributed by atoms with Gasteiger partial charge in [-0.05, 0) is 55.3 Å². The summed E-state index contributed by atoms with van der Waals surface area (Å²) in [6.45, 7) is 4.52. The van der Waals surface area contributed by atoms with Gasteiger partial charge in [-0.15, -0.1) is 0 Å². The van der Waals surface area contributed by atoms with Gasteiger partial charge in [0, 0.05) is 10.6 Å². The molecule has 0 saturated carbocycles. The average Bonchev–Trinajstić information content (AvgIpc) is 2.41. The Labute approximate surface area is 128 Å². The van der Waals surface area contributed by atoms with Crippen LogP contribution in [0.2, 0.25) is 5.02 Å². The van der Waals surface area contributed by atoms with Crippen LogP contribution in [-0.4, -0.2) is 6.54 Å². The molecule has 2 aromatic rings. The molecular formula is C17H18ClF2N. The first-order valence-electron chi connectivity index (χ1n) is 6.97. The van der Waals surface area contributed by atoms with Crippen LogP contribution in [0.15, 0.2) is 36.4 Å². The van der Waals surface area contributed by atoms with Crippen LogP contribution in [0.25, 0.3) is 0 Å². The molecular weight excluding hydrogens is 292 g/mol. The molecule has 1 N–H and O–H groups in total. The predicted molar refractivity (Wildman–Crippen MR) is 82.7 cm³/mol. The molecule has 0 radical (unpaired) electrons. The van der Waals surface area contributed by atoms with E-state index >= 15 is 0 Å². The highest BCUT2D eigenvalue weighted by Gasteiger charge is 2.21. The van der Waals surface area contributed by atoms with Gasteiger partial charge < -0.3 is 5.32 Å². The molecule has 0 aliphatic rings. The van der Waals surface area contributed by atoms with Crippen LogP contribution in [0.3, 0.4) is 0 Å². The van der Waals surface area contributed by atoms with Gasteiger partial charge in [-0.1, -0.05) is 30.7 Å². The van der Waals surface area contributed by atoms with Crippen LogP contribution in [0, 0.1) is 18.6 Å². The zero-order valence-electron chi connectivity index (χ0n) is 12.1. The Hall–Kier alpha value is -1.45. The maximum atomic E-state index is 14.2. The Kier molecular flexibility index (Phi) is 5.32. The molecule has 1 nitrogen and oxygen atoms in total. The van der Waals surface area contributed by atoms with Crippen molar-refractivity contribution in [3.8, 4) is 0 Å². The van der Waals surface area contributed by atoms with Crippen LogP contribution < -0.4 is 5.32 Å². The van der Waals surface area contributed by atoms with Crippen molar-refractivity contribution in [2.45, 2.75) is 26.3 Å². The van der Waals surface area contributed by atoms with Crippen LogP contribution >= 0.6 is 11.6 Å².